The van der Waals surface area contributed by atoms with Crippen LogP contribution in [0, 0.1) is 0 Å². The fourth-order valence-electron chi connectivity index (χ4n) is 1.22. The van der Waals surface area contributed by atoms with Crippen LogP contribution < -0.4 is 5.32 Å². The van der Waals surface area contributed by atoms with Crippen LogP contribution >= 0.6 is 23.1 Å². The maximum atomic E-state index is 5.34. The van der Waals surface area contributed by atoms with Crippen molar-refractivity contribution in [3.05, 3.63) is 11.6 Å². The van der Waals surface area contributed by atoms with Gasteiger partial charge in [0.15, 0.2) is 0 Å². The van der Waals surface area contributed by atoms with Crippen LogP contribution in [0.1, 0.15) is 20.3 Å². The Bertz CT molecular complexity index is 254. The number of thiazole rings is 1. The number of ether oxygens (including phenoxy) is 1. The first kappa shape index (κ1) is 14.0. The van der Waals surface area contributed by atoms with E-state index in [1.807, 2.05) is 30.3 Å². The van der Waals surface area contributed by atoms with Crippen molar-refractivity contribution in [1.29, 1.82) is 0 Å². The van der Waals surface area contributed by atoms with Crippen molar-refractivity contribution in [2.24, 2.45) is 0 Å². The highest BCUT2D eigenvalue weighted by Crippen LogP contribution is 2.20. The van der Waals surface area contributed by atoms with Crippen LogP contribution in [-0.2, 0) is 4.74 Å². The second-order valence-corrected chi connectivity index (χ2v) is 5.75. The molecular weight excluding hydrogens is 240 g/mol. The van der Waals surface area contributed by atoms with Gasteiger partial charge in [-0.1, -0.05) is 11.8 Å². The van der Waals surface area contributed by atoms with Crippen molar-refractivity contribution < 1.29 is 4.74 Å². The molecule has 0 amide bonds. The zero-order chi connectivity index (χ0) is 11.6. The average molecular weight is 260 g/mol. The summed E-state index contributed by atoms with van der Waals surface area (Å²) in [5.41, 5.74) is 0. The highest BCUT2D eigenvalue weighted by Gasteiger charge is 2.00. The lowest BCUT2D eigenvalue weighted by Crippen LogP contribution is -2.31. The molecule has 0 bridgehead atoms. The first-order valence-corrected chi connectivity index (χ1v) is 7.53. The molecule has 0 aliphatic rings. The van der Waals surface area contributed by atoms with Crippen LogP contribution in [0.4, 0.5) is 0 Å². The second-order valence-electron chi connectivity index (χ2n) is 3.51. The van der Waals surface area contributed by atoms with E-state index in [1.54, 1.807) is 11.3 Å². The Morgan fingerprint density at radius 3 is 3.19 bits per heavy atom. The fourth-order valence-corrected chi connectivity index (χ4v) is 2.86. The highest BCUT2D eigenvalue weighted by molar-refractivity contribution is 8.00. The molecule has 1 aromatic heterocycles. The second kappa shape index (κ2) is 8.98. The molecule has 0 radical (unpaired) electrons. The summed E-state index contributed by atoms with van der Waals surface area (Å²) in [7, 11) is 0. The minimum absolute atomic E-state index is 0.449. The van der Waals surface area contributed by atoms with Crippen LogP contribution in [-0.4, -0.2) is 36.5 Å². The average Bonchev–Trinajstić information content (AvgIpc) is 2.79. The summed E-state index contributed by atoms with van der Waals surface area (Å²) in [6.45, 7) is 6.83. The Morgan fingerprint density at radius 2 is 2.50 bits per heavy atom. The monoisotopic (exact) mass is 260 g/mol. The predicted octanol–water partition coefficient (Wildman–Crippen LogP) is 2.64. The van der Waals surface area contributed by atoms with E-state index in [2.05, 4.69) is 17.2 Å². The molecule has 0 aromatic carbocycles. The maximum absolute atomic E-state index is 5.34. The third-order valence-electron chi connectivity index (χ3n) is 2.02. The third kappa shape index (κ3) is 6.48. The van der Waals surface area contributed by atoms with Gasteiger partial charge in [0.1, 0.15) is 4.34 Å². The lowest BCUT2D eigenvalue weighted by atomic mass is 10.3. The van der Waals surface area contributed by atoms with E-state index in [1.165, 1.54) is 10.8 Å². The zero-order valence-electron chi connectivity index (χ0n) is 9.94. The molecule has 5 heteroatoms. The highest BCUT2D eigenvalue weighted by atomic mass is 32.2. The number of rotatable bonds is 9. The topological polar surface area (TPSA) is 34.1 Å². The van der Waals surface area contributed by atoms with E-state index in [0.717, 1.165) is 25.5 Å². The molecule has 1 unspecified atom stereocenters. The van der Waals surface area contributed by atoms with Crippen LogP contribution in [0.25, 0.3) is 0 Å². The molecule has 1 aromatic rings. The first-order chi connectivity index (χ1) is 7.83. The van der Waals surface area contributed by atoms with Crippen LogP contribution in [0.3, 0.4) is 0 Å². The summed E-state index contributed by atoms with van der Waals surface area (Å²) < 4.78 is 6.50. The summed E-state index contributed by atoms with van der Waals surface area (Å²) in [5, 5.41) is 5.46. The molecule has 0 saturated carbocycles. The Labute approximate surface area is 106 Å². The molecule has 92 valence electrons. The van der Waals surface area contributed by atoms with Gasteiger partial charge in [0, 0.05) is 30.0 Å². The van der Waals surface area contributed by atoms with Crippen LogP contribution in [0.15, 0.2) is 15.9 Å². The minimum atomic E-state index is 0.449. The van der Waals surface area contributed by atoms with Gasteiger partial charge in [0.05, 0.1) is 6.61 Å². The summed E-state index contributed by atoms with van der Waals surface area (Å²) in [5.74, 6) is 1.13. The van der Waals surface area contributed by atoms with Gasteiger partial charge in [0.2, 0.25) is 0 Å². The number of nitrogens with zero attached hydrogens (tertiary/aromatic N) is 1. The summed E-state index contributed by atoms with van der Waals surface area (Å²) in [6.07, 6.45) is 3.02. The molecule has 0 fully saturated rings. The normalized spacial score (nSPS) is 12.9. The molecule has 0 aliphatic heterocycles. The fraction of sp³-hybridized carbons (Fsp3) is 0.727. The molecule has 0 aliphatic carbocycles. The summed E-state index contributed by atoms with van der Waals surface area (Å²) in [6, 6.07) is 0.449. The smallest absolute Gasteiger partial charge is 0.149 e. The van der Waals surface area contributed by atoms with Crippen molar-refractivity contribution in [1.82, 2.24) is 10.3 Å². The predicted molar refractivity (Wildman–Crippen MR) is 71.4 cm³/mol. The number of hydrogen-bond acceptors (Lipinski definition) is 5. The van der Waals surface area contributed by atoms with E-state index in [9.17, 15) is 0 Å². The van der Waals surface area contributed by atoms with Gasteiger partial charge in [-0.05, 0) is 26.8 Å². The zero-order valence-corrected chi connectivity index (χ0v) is 11.6. The lowest BCUT2D eigenvalue weighted by molar-refractivity contribution is 0.127. The number of hydrogen-bond donors (Lipinski definition) is 1. The van der Waals surface area contributed by atoms with Crippen LogP contribution in [0.2, 0.25) is 0 Å². The molecule has 1 atom stereocenters. The molecular formula is C11H20N2OS2. The van der Waals surface area contributed by atoms with E-state index in [0.29, 0.717) is 6.04 Å². The van der Waals surface area contributed by atoms with Crippen LogP contribution in [0.5, 0.6) is 0 Å². The quantitative estimate of drug-likeness (QED) is 0.547. The Balaban J connectivity index is 1.91. The maximum Gasteiger partial charge on any atom is 0.149 e. The summed E-state index contributed by atoms with van der Waals surface area (Å²) >= 11 is 3.54. The van der Waals surface area contributed by atoms with Gasteiger partial charge in [-0.3, -0.25) is 0 Å². The van der Waals surface area contributed by atoms with E-state index in [-0.39, 0.29) is 0 Å². The van der Waals surface area contributed by atoms with E-state index in [4.69, 9.17) is 4.74 Å². The largest absolute Gasteiger partial charge is 0.380 e. The van der Waals surface area contributed by atoms with Crippen molar-refractivity contribution in [2.45, 2.75) is 30.6 Å². The molecule has 1 heterocycles. The first-order valence-electron chi connectivity index (χ1n) is 5.66. The number of aromatic nitrogens is 1. The van der Waals surface area contributed by atoms with Crippen molar-refractivity contribution in [2.75, 3.05) is 25.5 Å². The van der Waals surface area contributed by atoms with Gasteiger partial charge in [-0.15, -0.1) is 11.3 Å². The molecule has 0 spiro atoms. The van der Waals surface area contributed by atoms with Crippen molar-refractivity contribution >= 4 is 23.1 Å². The molecule has 3 nitrogen and oxygen atoms in total. The van der Waals surface area contributed by atoms with Gasteiger partial charge >= 0.3 is 0 Å². The van der Waals surface area contributed by atoms with Gasteiger partial charge < -0.3 is 10.1 Å². The molecule has 1 rings (SSSR count). The van der Waals surface area contributed by atoms with E-state index < -0.39 is 0 Å². The Hall–Kier alpha value is -0.100. The lowest BCUT2D eigenvalue weighted by Gasteiger charge is -2.12. The molecule has 0 saturated heterocycles. The number of nitrogens with one attached hydrogen (secondary N) is 1. The SMILES string of the molecule is CCOCC(C)NCCCSc1nccs1. The molecule has 1 N–H and O–H groups in total. The van der Waals surface area contributed by atoms with Gasteiger partial charge in [-0.2, -0.15) is 0 Å². The Morgan fingerprint density at radius 1 is 1.62 bits per heavy atom. The van der Waals surface area contributed by atoms with Crippen molar-refractivity contribution in [3.63, 3.8) is 0 Å². The van der Waals surface area contributed by atoms with Gasteiger partial charge in [0.25, 0.3) is 0 Å². The Kier molecular flexibility index (Phi) is 7.84. The molecule has 16 heavy (non-hydrogen) atoms. The van der Waals surface area contributed by atoms with Gasteiger partial charge in [-0.25, -0.2) is 4.98 Å². The third-order valence-corrected chi connectivity index (χ3v) is 4.07. The standard InChI is InChI=1S/C11H20N2OS2/c1-3-14-9-10(2)12-5-4-7-15-11-13-6-8-16-11/h6,8,10,12H,3-5,7,9H2,1-2H3. The minimum Gasteiger partial charge on any atom is -0.380 e. The summed E-state index contributed by atoms with van der Waals surface area (Å²) in [4.78, 5) is 4.23. The van der Waals surface area contributed by atoms with Crippen molar-refractivity contribution in [3.8, 4) is 0 Å². The number of thioether (sulfide) groups is 1. The van der Waals surface area contributed by atoms with E-state index >= 15 is 0 Å².